The van der Waals surface area contributed by atoms with E-state index in [1.165, 1.54) is 7.11 Å². The molecule has 0 saturated heterocycles. The van der Waals surface area contributed by atoms with Crippen molar-refractivity contribution >= 4 is 11.7 Å². The number of anilines is 1. The first-order valence-electron chi connectivity index (χ1n) is 6.08. The topological polar surface area (TPSA) is 51.5 Å². The van der Waals surface area contributed by atoms with E-state index in [0.29, 0.717) is 12.1 Å². The molecule has 0 unspecified atom stereocenters. The lowest BCUT2D eigenvalue weighted by Gasteiger charge is -2.10. The second-order valence-electron chi connectivity index (χ2n) is 4.39. The number of hydrogen-bond donors (Lipinski definition) is 1. The first-order valence-corrected chi connectivity index (χ1v) is 6.08. The van der Waals surface area contributed by atoms with Gasteiger partial charge >= 0.3 is 5.97 Å². The Labute approximate surface area is 112 Å². The number of esters is 1. The molecule has 0 saturated carbocycles. The molecule has 0 atom stereocenters. The molecule has 2 rings (SSSR count). The predicted octanol–water partition coefficient (Wildman–Crippen LogP) is 3.30. The molecule has 0 radical (unpaired) electrons. The highest BCUT2D eigenvalue weighted by Gasteiger charge is 2.08. The summed E-state index contributed by atoms with van der Waals surface area (Å²) in [6.45, 7) is 4.47. The van der Waals surface area contributed by atoms with Crippen LogP contribution in [0.25, 0.3) is 0 Å². The van der Waals surface area contributed by atoms with Gasteiger partial charge in [-0.15, -0.1) is 0 Å². The fourth-order valence-electron chi connectivity index (χ4n) is 1.82. The highest BCUT2D eigenvalue weighted by molar-refractivity contribution is 5.90. The van der Waals surface area contributed by atoms with E-state index in [0.717, 1.165) is 22.8 Å². The van der Waals surface area contributed by atoms with Crippen LogP contribution < -0.4 is 5.32 Å². The Morgan fingerprint density at radius 1 is 1.26 bits per heavy atom. The van der Waals surface area contributed by atoms with E-state index in [1.54, 1.807) is 12.1 Å². The minimum atomic E-state index is -0.336. The predicted molar refractivity (Wildman–Crippen MR) is 73.3 cm³/mol. The molecule has 0 aliphatic rings. The SMILES string of the molecule is COC(=O)c1ccc(C)c(NCc2ccc(C)o2)c1. The van der Waals surface area contributed by atoms with Gasteiger partial charge in [0, 0.05) is 5.69 Å². The molecule has 4 heteroatoms. The Balaban J connectivity index is 2.12. The number of ether oxygens (including phenoxy) is 1. The zero-order chi connectivity index (χ0) is 13.8. The largest absolute Gasteiger partial charge is 0.465 e. The van der Waals surface area contributed by atoms with Crippen molar-refractivity contribution in [2.45, 2.75) is 20.4 Å². The Morgan fingerprint density at radius 3 is 2.68 bits per heavy atom. The summed E-state index contributed by atoms with van der Waals surface area (Å²) < 4.78 is 10.2. The van der Waals surface area contributed by atoms with Gasteiger partial charge < -0.3 is 14.5 Å². The van der Waals surface area contributed by atoms with Gasteiger partial charge in [0.1, 0.15) is 11.5 Å². The molecular formula is C15H17NO3. The normalized spacial score (nSPS) is 10.3. The number of nitrogens with one attached hydrogen (secondary N) is 1. The Morgan fingerprint density at radius 2 is 2.05 bits per heavy atom. The van der Waals surface area contributed by atoms with Crippen LogP contribution in [0.5, 0.6) is 0 Å². The highest BCUT2D eigenvalue weighted by atomic mass is 16.5. The summed E-state index contributed by atoms with van der Waals surface area (Å²) >= 11 is 0. The van der Waals surface area contributed by atoms with Crippen molar-refractivity contribution in [3.63, 3.8) is 0 Å². The van der Waals surface area contributed by atoms with Crippen molar-refractivity contribution in [3.05, 3.63) is 53.0 Å². The monoisotopic (exact) mass is 259 g/mol. The van der Waals surface area contributed by atoms with Crippen LogP contribution in [0, 0.1) is 13.8 Å². The third-order valence-electron chi connectivity index (χ3n) is 2.91. The van der Waals surface area contributed by atoms with Crippen molar-refractivity contribution in [1.29, 1.82) is 0 Å². The quantitative estimate of drug-likeness (QED) is 0.856. The van der Waals surface area contributed by atoms with Crippen LogP contribution in [0.2, 0.25) is 0 Å². The maximum absolute atomic E-state index is 11.5. The number of aryl methyl sites for hydroxylation is 2. The summed E-state index contributed by atoms with van der Waals surface area (Å²) in [4.78, 5) is 11.5. The van der Waals surface area contributed by atoms with Gasteiger partial charge in [0.2, 0.25) is 0 Å². The molecule has 0 fully saturated rings. The van der Waals surface area contributed by atoms with E-state index >= 15 is 0 Å². The molecule has 19 heavy (non-hydrogen) atoms. The van der Waals surface area contributed by atoms with E-state index in [1.807, 2.05) is 32.0 Å². The number of carbonyl (C=O) groups excluding carboxylic acids is 1. The van der Waals surface area contributed by atoms with Gasteiger partial charge in [0.05, 0.1) is 19.2 Å². The zero-order valence-electron chi connectivity index (χ0n) is 11.3. The van der Waals surface area contributed by atoms with Crippen LogP contribution in [0.15, 0.2) is 34.7 Å². The fourth-order valence-corrected chi connectivity index (χ4v) is 1.82. The fraction of sp³-hybridized carbons (Fsp3) is 0.267. The number of hydrogen-bond acceptors (Lipinski definition) is 4. The van der Waals surface area contributed by atoms with Gasteiger partial charge in [-0.1, -0.05) is 6.07 Å². The van der Waals surface area contributed by atoms with E-state index in [-0.39, 0.29) is 5.97 Å². The molecule has 0 spiro atoms. The standard InChI is InChI=1S/C15H17NO3/c1-10-4-6-12(15(17)18-3)8-14(10)16-9-13-7-5-11(2)19-13/h4-8,16H,9H2,1-3H3. The summed E-state index contributed by atoms with van der Waals surface area (Å²) in [7, 11) is 1.38. The molecule has 2 aromatic rings. The lowest BCUT2D eigenvalue weighted by atomic mass is 10.1. The average molecular weight is 259 g/mol. The number of furan rings is 1. The van der Waals surface area contributed by atoms with E-state index in [4.69, 9.17) is 9.15 Å². The molecule has 0 bridgehead atoms. The Hall–Kier alpha value is -2.23. The van der Waals surface area contributed by atoms with Crippen LogP contribution in [0.3, 0.4) is 0 Å². The molecule has 100 valence electrons. The van der Waals surface area contributed by atoms with Crippen LogP contribution in [-0.4, -0.2) is 13.1 Å². The summed E-state index contributed by atoms with van der Waals surface area (Å²) in [5.74, 6) is 1.41. The van der Waals surface area contributed by atoms with Gasteiger partial charge in [0.25, 0.3) is 0 Å². The molecule has 1 aromatic carbocycles. The first-order chi connectivity index (χ1) is 9.10. The summed E-state index contributed by atoms with van der Waals surface area (Å²) in [5.41, 5.74) is 2.50. The van der Waals surface area contributed by atoms with Gasteiger partial charge in [-0.3, -0.25) is 0 Å². The Bertz CT molecular complexity index is 587. The molecular weight excluding hydrogens is 242 g/mol. The first kappa shape index (κ1) is 13.2. The van der Waals surface area contributed by atoms with E-state index in [9.17, 15) is 4.79 Å². The molecule has 0 aliphatic heterocycles. The summed E-state index contributed by atoms with van der Waals surface area (Å²) in [6.07, 6.45) is 0. The van der Waals surface area contributed by atoms with Gasteiger partial charge in [-0.05, 0) is 43.7 Å². The maximum atomic E-state index is 11.5. The highest BCUT2D eigenvalue weighted by Crippen LogP contribution is 2.19. The van der Waals surface area contributed by atoms with Crippen molar-refractivity contribution in [2.24, 2.45) is 0 Å². The minimum absolute atomic E-state index is 0.336. The number of rotatable bonds is 4. The average Bonchev–Trinajstić information content (AvgIpc) is 2.82. The minimum Gasteiger partial charge on any atom is -0.465 e. The van der Waals surface area contributed by atoms with Crippen molar-refractivity contribution in [2.75, 3.05) is 12.4 Å². The molecule has 1 aromatic heterocycles. The lowest BCUT2D eigenvalue weighted by molar-refractivity contribution is 0.0601. The maximum Gasteiger partial charge on any atom is 0.337 e. The lowest BCUT2D eigenvalue weighted by Crippen LogP contribution is -2.05. The molecule has 0 amide bonds. The van der Waals surface area contributed by atoms with Crippen LogP contribution in [0.1, 0.15) is 27.4 Å². The number of benzene rings is 1. The molecule has 1 N–H and O–H groups in total. The Kier molecular flexibility index (Phi) is 3.90. The molecule has 0 aliphatic carbocycles. The third-order valence-corrected chi connectivity index (χ3v) is 2.91. The second kappa shape index (κ2) is 5.61. The van der Waals surface area contributed by atoms with Crippen molar-refractivity contribution in [3.8, 4) is 0 Å². The van der Waals surface area contributed by atoms with Crippen molar-refractivity contribution in [1.82, 2.24) is 0 Å². The van der Waals surface area contributed by atoms with E-state index in [2.05, 4.69) is 5.32 Å². The van der Waals surface area contributed by atoms with Crippen molar-refractivity contribution < 1.29 is 13.9 Å². The summed E-state index contributed by atoms with van der Waals surface area (Å²) in [6, 6.07) is 9.29. The third kappa shape index (κ3) is 3.16. The zero-order valence-corrected chi connectivity index (χ0v) is 11.3. The van der Waals surface area contributed by atoms with Gasteiger partial charge in [-0.25, -0.2) is 4.79 Å². The molecule has 1 heterocycles. The number of methoxy groups -OCH3 is 1. The van der Waals surface area contributed by atoms with Crippen LogP contribution in [-0.2, 0) is 11.3 Å². The summed E-state index contributed by atoms with van der Waals surface area (Å²) in [5, 5.41) is 3.26. The number of carbonyl (C=O) groups is 1. The van der Waals surface area contributed by atoms with Crippen LogP contribution in [0.4, 0.5) is 5.69 Å². The van der Waals surface area contributed by atoms with E-state index < -0.39 is 0 Å². The van der Waals surface area contributed by atoms with Crippen LogP contribution >= 0.6 is 0 Å². The van der Waals surface area contributed by atoms with Gasteiger partial charge in [-0.2, -0.15) is 0 Å². The smallest absolute Gasteiger partial charge is 0.337 e. The second-order valence-corrected chi connectivity index (χ2v) is 4.39. The van der Waals surface area contributed by atoms with Gasteiger partial charge in [0.15, 0.2) is 0 Å². The molecule has 4 nitrogen and oxygen atoms in total.